The summed E-state index contributed by atoms with van der Waals surface area (Å²) in [6, 6.07) is 5.55. The first-order valence-electron chi connectivity index (χ1n) is 7.70. The maximum absolute atomic E-state index is 13.1. The Kier molecular flexibility index (Phi) is 3.14. The van der Waals surface area contributed by atoms with Crippen molar-refractivity contribution in [3.8, 4) is 0 Å². The van der Waals surface area contributed by atoms with Gasteiger partial charge in [0.15, 0.2) is 5.82 Å². The highest BCUT2D eigenvalue weighted by molar-refractivity contribution is 5.95. The lowest BCUT2D eigenvalue weighted by molar-refractivity contribution is 0.0702. The molecule has 0 radical (unpaired) electrons. The van der Waals surface area contributed by atoms with Gasteiger partial charge in [-0.25, -0.2) is 4.98 Å². The van der Waals surface area contributed by atoms with Gasteiger partial charge in [-0.1, -0.05) is 11.2 Å². The van der Waals surface area contributed by atoms with Crippen molar-refractivity contribution in [2.75, 3.05) is 6.54 Å². The SMILES string of the molecule is Cc1noc(C2CCCN2C(=O)c2c(C)nc3ccccn23)n1. The van der Waals surface area contributed by atoms with Crippen LogP contribution in [0.5, 0.6) is 0 Å². The molecule has 0 saturated carbocycles. The zero-order chi connectivity index (χ0) is 16.0. The summed E-state index contributed by atoms with van der Waals surface area (Å²) in [5.41, 5.74) is 2.11. The molecule has 1 saturated heterocycles. The molecule has 1 amide bonds. The van der Waals surface area contributed by atoms with E-state index in [4.69, 9.17) is 4.52 Å². The highest BCUT2D eigenvalue weighted by atomic mass is 16.5. The van der Waals surface area contributed by atoms with Gasteiger partial charge in [0.1, 0.15) is 17.4 Å². The summed E-state index contributed by atoms with van der Waals surface area (Å²) in [5, 5.41) is 3.84. The van der Waals surface area contributed by atoms with Crippen molar-refractivity contribution >= 4 is 11.6 Å². The van der Waals surface area contributed by atoms with E-state index < -0.39 is 0 Å². The monoisotopic (exact) mass is 311 g/mol. The van der Waals surface area contributed by atoms with Gasteiger partial charge in [-0.15, -0.1) is 0 Å². The summed E-state index contributed by atoms with van der Waals surface area (Å²) < 4.78 is 7.13. The van der Waals surface area contributed by atoms with Crippen molar-refractivity contribution in [1.29, 1.82) is 0 Å². The summed E-state index contributed by atoms with van der Waals surface area (Å²) in [7, 11) is 0. The van der Waals surface area contributed by atoms with Crippen LogP contribution in [0.25, 0.3) is 5.65 Å². The Morgan fingerprint density at radius 1 is 1.30 bits per heavy atom. The molecule has 0 aliphatic carbocycles. The number of hydrogen-bond acceptors (Lipinski definition) is 5. The Morgan fingerprint density at radius 3 is 2.96 bits per heavy atom. The Bertz CT molecular complexity index is 882. The summed E-state index contributed by atoms with van der Waals surface area (Å²) in [4.78, 5) is 23.7. The second-order valence-corrected chi connectivity index (χ2v) is 5.81. The third-order valence-electron chi connectivity index (χ3n) is 4.25. The average Bonchev–Trinajstić information content (AvgIpc) is 3.23. The highest BCUT2D eigenvalue weighted by Crippen LogP contribution is 2.32. The Morgan fingerprint density at radius 2 is 2.17 bits per heavy atom. The lowest BCUT2D eigenvalue weighted by atomic mass is 10.2. The second kappa shape index (κ2) is 5.19. The Balaban J connectivity index is 1.74. The van der Waals surface area contributed by atoms with Gasteiger partial charge in [-0.2, -0.15) is 4.98 Å². The summed E-state index contributed by atoms with van der Waals surface area (Å²) in [6.45, 7) is 4.33. The Hall–Kier alpha value is -2.70. The minimum absolute atomic E-state index is 0.0421. The van der Waals surface area contributed by atoms with Gasteiger partial charge in [0.05, 0.1) is 5.69 Å². The highest BCUT2D eigenvalue weighted by Gasteiger charge is 2.36. The van der Waals surface area contributed by atoms with E-state index in [1.54, 1.807) is 6.92 Å². The number of hydrogen-bond donors (Lipinski definition) is 0. The molecule has 3 aromatic heterocycles. The number of fused-ring (bicyclic) bond motifs is 1. The fourth-order valence-corrected chi connectivity index (χ4v) is 3.22. The van der Waals surface area contributed by atoms with Gasteiger partial charge in [0, 0.05) is 12.7 Å². The van der Waals surface area contributed by atoms with Crippen molar-refractivity contribution in [3.05, 3.63) is 47.5 Å². The predicted octanol–water partition coefficient (Wildman–Crippen LogP) is 2.31. The van der Waals surface area contributed by atoms with Crippen LogP contribution in [0.4, 0.5) is 0 Å². The molecule has 0 spiro atoms. The number of nitrogens with zero attached hydrogens (tertiary/aromatic N) is 5. The molecule has 3 aromatic rings. The minimum atomic E-state index is -0.155. The van der Waals surface area contributed by atoms with Crippen molar-refractivity contribution in [3.63, 3.8) is 0 Å². The summed E-state index contributed by atoms with van der Waals surface area (Å²) in [6.07, 6.45) is 3.63. The van der Waals surface area contributed by atoms with E-state index in [2.05, 4.69) is 15.1 Å². The molecular weight excluding hydrogens is 294 g/mol. The Labute approximate surface area is 132 Å². The number of pyridine rings is 1. The van der Waals surface area contributed by atoms with Crippen LogP contribution in [0, 0.1) is 13.8 Å². The van der Waals surface area contributed by atoms with E-state index >= 15 is 0 Å². The topological polar surface area (TPSA) is 76.5 Å². The number of likely N-dealkylation sites (tertiary alicyclic amines) is 1. The molecule has 0 N–H and O–H groups in total. The van der Waals surface area contributed by atoms with Crippen LogP contribution in [-0.2, 0) is 0 Å². The van der Waals surface area contributed by atoms with Crippen LogP contribution < -0.4 is 0 Å². The number of carbonyl (C=O) groups is 1. The molecule has 7 nitrogen and oxygen atoms in total. The van der Waals surface area contributed by atoms with Gasteiger partial charge in [-0.3, -0.25) is 9.20 Å². The van der Waals surface area contributed by atoms with Crippen molar-refractivity contribution in [2.45, 2.75) is 32.7 Å². The fraction of sp³-hybridized carbons (Fsp3) is 0.375. The van der Waals surface area contributed by atoms with Crippen molar-refractivity contribution in [2.24, 2.45) is 0 Å². The zero-order valence-corrected chi connectivity index (χ0v) is 13.1. The molecule has 1 atom stereocenters. The van der Waals surface area contributed by atoms with Crippen molar-refractivity contribution < 1.29 is 9.32 Å². The molecular formula is C16H17N5O2. The van der Waals surface area contributed by atoms with Gasteiger partial charge < -0.3 is 9.42 Å². The quantitative estimate of drug-likeness (QED) is 0.726. The van der Waals surface area contributed by atoms with Crippen molar-refractivity contribution in [1.82, 2.24) is 24.4 Å². The molecule has 7 heteroatoms. The first-order chi connectivity index (χ1) is 11.1. The maximum Gasteiger partial charge on any atom is 0.273 e. The van der Waals surface area contributed by atoms with Crippen LogP contribution in [0.1, 0.15) is 46.8 Å². The first-order valence-corrected chi connectivity index (χ1v) is 7.70. The van der Waals surface area contributed by atoms with E-state index in [-0.39, 0.29) is 11.9 Å². The molecule has 118 valence electrons. The van der Waals surface area contributed by atoms with E-state index in [0.29, 0.717) is 24.0 Å². The van der Waals surface area contributed by atoms with E-state index in [1.807, 2.05) is 40.6 Å². The van der Waals surface area contributed by atoms with Gasteiger partial charge in [-0.05, 0) is 38.8 Å². The fourth-order valence-electron chi connectivity index (χ4n) is 3.22. The van der Waals surface area contributed by atoms with Crippen LogP contribution in [0.3, 0.4) is 0 Å². The van der Waals surface area contributed by atoms with Crippen LogP contribution >= 0.6 is 0 Å². The summed E-state index contributed by atoms with van der Waals surface area (Å²) >= 11 is 0. The van der Waals surface area contributed by atoms with E-state index in [0.717, 1.165) is 24.2 Å². The van der Waals surface area contributed by atoms with Crippen LogP contribution in [0.2, 0.25) is 0 Å². The number of aryl methyl sites for hydroxylation is 2. The third-order valence-corrected chi connectivity index (χ3v) is 4.25. The molecule has 1 fully saturated rings. The molecule has 1 aliphatic rings. The number of rotatable bonds is 2. The molecule has 0 bridgehead atoms. The van der Waals surface area contributed by atoms with E-state index in [9.17, 15) is 4.79 Å². The average molecular weight is 311 g/mol. The van der Waals surface area contributed by atoms with Gasteiger partial charge in [0.25, 0.3) is 5.91 Å². The lowest BCUT2D eigenvalue weighted by Crippen LogP contribution is -2.32. The number of carbonyl (C=O) groups excluding carboxylic acids is 1. The number of amides is 1. The normalized spacial score (nSPS) is 18.0. The zero-order valence-electron chi connectivity index (χ0n) is 13.1. The molecule has 4 heterocycles. The van der Waals surface area contributed by atoms with Crippen LogP contribution in [0.15, 0.2) is 28.9 Å². The van der Waals surface area contributed by atoms with Crippen LogP contribution in [-0.4, -0.2) is 36.9 Å². The minimum Gasteiger partial charge on any atom is -0.337 e. The van der Waals surface area contributed by atoms with Gasteiger partial charge >= 0.3 is 0 Å². The predicted molar refractivity (Wildman–Crippen MR) is 82.0 cm³/mol. The lowest BCUT2D eigenvalue weighted by Gasteiger charge is -2.21. The standard InChI is InChI=1S/C16H17N5O2/c1-10-14(21-8-4-3-7-13(21)17-10)16(22)20-9-5-6-12(20)15-18-11(2)19-23-15/h3-4,7-8,12H,5-6,9H2,1-2H3. The molecule has 4 rings (SSSR count). The third kappa shape index (κ3) is 2.19. The number of aromatic nitrogens is 4. The molecule has 23 heavy (non-hydrogen) atoms. The molecule has 0 aromatic carbocycles. The number of imidazole rings is 1. The summed E-state index contributed by atoms with van der Waals surface area (Å²) in [5.74, 6) is 1.06. The first kappa shape index (κ1) is 13.9. The van der Waals surface area contributed by atoms with Gasteiger partial charge in [0.2, 0.25) is 5.89 Å². The smallest absolute Gasteiger partial charge is 0.273 e. The largest absolute Gasteiger partial charge is 0.337 e. The van der Waals surface area contributed by atoms with E-state index in [1.165, 1.54) is 0 Å². The molecule has 1 aliphatic heterocycles. The molecule has 1 unspecified atom stereocenters. The maximum atomic E-state index is 13.1. The second-order valence-electron chi connectivity index (χ2n) is 5.81.